The number of phenols is 1. The molecule has 0 saturated heterocycles. The van der Waals surface area contributed by atoms with Gasteiger partial charge in [-0.15, -0.1) is 23.1 Å². The molecule has 0 atom stereocenters. The van der Waals surface area contributed by atoms with Crippen LogP contribution in [0.15, 0.2) is 113 Å². The van der Waals surface area contributed by atoms with Gasteiger partial charge in [0, 0.05) is 38.7 Å². The van der Waals surface area contributed by atoms with E-state index in [0.717, 1.165) is 21.9 Å². The fraction of sp³-hybridized carbons (Fsp3) is 0.0857. The van der Waals surface area contributed by atoms with Crippen molar-refractivity contribution in [1.82, 2.24) is 10.3 Å². The van der Waals surface area contributed by atoms with Crippen LogP contribution in [0.25, 0.3) is 17.3 Å². The van der Waals surface area contributed by atoms with Crippen molar-refractivity contribution in [2.45, 2.75) is 4.90 Å². The molecule has 0 aliphatic rings. The highest BCUT2D eigenvalue weighted by molar-refractivity contribution is 8.00. The van der Waals surface area contributed by atoms with E-state index in [-0.39, 0.29) is 23.1 Å². The van der Waals surface area contributed by atoms with Crippen LogP contribution in [-0.2, 0) is 9.59 Å². The lowest BCUT2D eigenvalue weighted by Gasteiger charge is -2.13. The third kappa shape index (κ3) is 9.00. The van der Waals surface area contributed by atoms with Crippen LogP contribution in [0, 0.1) is 0 Å². The smallest absolute Gasteiger partial charge is 0.272 e. The lowest BCUT2D eigenvalue weighted by Crippen LogP contribution is -2.30. The van der Waals surface area contributed by atoms with Crippen LogP contribution in [-0.4, -0.2) is 47.8 Å². The van der Waals surface area contributed by atoms with Gasteiger partial charge in [0.2, 0.25) is 5.91 Å². The van der Waals surface area contributed by atoms with Gasteiger partial charge in [0.1, 0.15) is 22.9 Å². The van der Waals surface area contributed by atoms with Crippen LogP contribution in [0.4, 0.5) is 10.8 Å². The third-order valence-electron chi connectivity index (χ3n) is 6.62. The predicted molar refractivity (Wildman–Crippen MR) is 185 cm³/mol. The number of phenolic OH excluding ortho intramolecular Hbond substituents is 1. The molecule has 10 nitrogen and oxygen atoms in total. The van der Waals surface area contributed by atoms with E-state index in [9.17, 15) is 19.5 Å². The van der Waals surface area contributed by atoms with Gasteiger partial charge in [-0.3, -0.25) is 14.4 Å². The molecule has 3 amide bonds. The summed E-state index contributed by atoms with van der Waals surface area (Å²) in [7, 11) is 3.04. The van der Waals surface area contributed by atoms with E-state index in [0.29, 0.717) is 27.7 Å². The van der Waals surface area contributed by atoms with Crippen LogP contribution in [0.5, 0.6) is 17.2 Å². The molecule has 5 aromatic rings. The number of nitrogens with zero attached hydrogens (tertiary/aromatic N) is 1. The van der Waals surface area contributed by atoms with Gasteiger partial charge in [0.25, 0.3) is 11.8 Å². The van der Waals surface area contributed by atoms with Gasteiger partial charge in [-0.1, -0.05) is 36.4 Å². The Hall–Kier alpha value is -5.59. The fourth-order valence-electron chi connectivity index (χ4n) is 4.33. The van der Waals surface area contributed by atoms with Crippen LogP contribution in [0.3, 0.4) is 0 Å². The summed E-state index contributed by atoms with van der Waals surface area (Å²) in [6.07, 6.45) is 1.47. The summed E-state index contributed by atoms with van der Waals surface area (Å²) in [5.41, 5.74) is 2.87. The molecule has 1 heterocycles. The number of amides is 3. The van der Waals surface area contributed by atoms with Crippen molar-refractivity contribution in [3.63, 3.8) is 0 Å². The number of thioether (sulfide) groups is 1. The second kappa shape index (κ2) is 15.6. The number of hydrogen-bond acceptors (Lipinski definition) is 9. The topological polar surface area (TPSA) is 139 Å². The van der Waals surface area contributed by atoms with Crippen molar-refractivity contribution in [2.75, 3.05) is 30.6 Å². The first-order valence-electron chi connectivity index (χ1n) is 14.2. The minimum Gasteiger partial charge on any atom is -0.508 e. The first kappa shape index (κ1) is 32.8. The summed E-state index contributed by atoms with van der Waals surface area (Å²) >= 11 is 2.62. The zero-order chi connectivity index (χ0) is 33.2. The second-order valence-corrected chi connectivity index (χ2v) is 11.8. The normalized spacial score (nSPS) is 11.0. The summed E-state index contributed by atoms with van der Waals surface area (Å²) in [6, 6.07) is 27.5. The number of aromatic hydroxyl groups is 1. The highest BCUT2D eigenvalue weighted by Crippen LogP contribution is 2.29. The fourth-order valence-corrected chi connectivity index (χ4v) is 5.82. The highest BCUT2D eigenvalue weighted by atomic mass is 32.2. The third-order valence-corrected chi connectivity index (χ3v) is 8.38. The zero-order valence-corrected chi connectivity index (χ0v) is 27.0. The van der Waals surface area contributed by atoms with E-state index in [4.69, 9.17) is 9.47 Å². The lowest BCUT2D eigenvalue weighted by atomic mass is 10.1. The number of anilines is 2. The molecule has 5 rings (SSSR count). The first-order chi connectivity index (χ1) is 22.8. The molecule has 4 N–H and O–H groups in total. The minimum atomic E-state index is -0.583. The summed E-state index contributed by atoms with van der Waals surface area (Å²) in [4.78, 5) is 44.5. The van der Waals surface area contributed by atoms with Gasteiger partial charge in [0.05, 0.1) is 25.7 Å². The van der Waals surface area contributed by atoms with Crippen molar-refractivity contribution >= 4 is 57.7 Å². The average molecular weight is 667 g/mol. The quantitative estimate of drug-likeness (QED) is 0.0856. The molecule has 0 radical (unpaired) electrons. The Balaban J connectivity index is 1.25. The Morgan fingerprint density at radius 3 is 2.49 bits per heavy atom. The Morgan fingerprint density at radius 2 is 1.70 bits per heavy atom. The maximum absolute atomic E-state index is 13.5. The van der Waals surface area contributed by atoms with Crippen LogP contribution in [0.1, 0.15) is 15.9 Å². The standard InChI is InChI=1S/C35H30N4O6S2/c1-44-27-12-6-10-23(16-27)30-20-47-35(38-30)39-32(41)21-46-28-13-7-11-25(18-28)36-34(43)29(37-33(42)22-8-4-3-5-9-22)17-24-14-15-26(40)19-31(24)45-2/h3-20,40H,21H2,1-2H3,(H,36,43)(H,37,42)(H,38,39,41)/b29-17+. The van der Waals surface area contributed by atoms with E-state index in [1.54, 1.807) is 61.7 Å². The molecule has 4 aromatic carbocycles. The molecule has 0 aliphatic heterocycles. The molecule has 12 heteroatoms. The minimum absolute atomic E-state index is 0.00838. The van der Waals surface area contributed by atoms with Crippen molar-refractivity contribution in [3.8, 4) is 28.5 Å². The Morgan fingerprint density at radius 1 is 0.894 bits per heavy atom. The summed E-state index contributed by atoms with van der Waals surface area (Å²) in [5, 5.41) is 20.5. The average Bonchev–Trinajstić information content (AvgIpc) is 3.56. The molecule has 238 valence electrons. The van der Waals surface area contributed by atoms with Crippen LogP contribution >= 0.6 is 23.1 Å². The van der Waals surface area contributed by atoms with Gasteiger partial charge in [-0.05, 0) is 60.7 Å². The SMILES string of the molecule is COc1cccc(-c2csc(NC(=O)CSc3cccc(NC(=O)/C(=C\c4ccc(O)cc4OC)NC(=O)c4ccccc4)c3)n2)c1. The van der Waals surface area contributed by atoms with Crippen molar-refractivity contribution in [2.24, 2.45) is 0 Å². The van der Waals surface area contributed by atoms with Crippen molar-refractivity contribution in [1.29, 1.82) is 0 Å². The lowest BCUT2D eigenvalue weighted by molar-refractivity contribution is -0.114. The number of carbonyl (C=O) groups is 3. The molecule has 1 aromatic heterocycles. The molecule has 0 aliphatic carbocycles. The molecule has 0 unspecified atom stereocenters. The molecular weight excluding hydrogens is 637 g/mol. The molecule has 0 bridgehead atoms. The van der Waals surface area contributed by atoms with E-state index in [2.05, 4.69) is 20.9 Å². The van der Waals surface area contributed by atoms with Gasteiger partial charge in [-0.25, -0.2) is 4.98 Å². The van der Waals surface area contributed by atoms with Crippen LogP contribution in [0.2, 0.25) is 0 Å². The first-order valence-corrected chi connectivity index (χ1v) is 16.1. The number of benzene rings is 4. The number of rotatable bonds is 12. The molecule has 0 fully saturated rings. The summed E-state index contributed by atoms with van der Waals surface area (Å²) in [6.45, 7) is 0. The Labute approximate surface area is 279 Å². The number of nitrogens with one attached hydrogen (secondary N) is 3. The highest BCUT2D eigenvalue weighted by Gasteiger charge is 2.17. The maximum atomic E-state index is 13.5. The predicted octanol–water partition coefficient (Wildman–Crippen LogP) is 6.67. The summed E-state index contributed by atoms with van der Waals surface area (Å²) < 4.78 is 10.6. The van der Waals surface area contributed by atoms with E-state index < -0.39 is 11.8 Å². The van der Waals surface area contributed by atoms with Crippen LogP contribution < -0.4 is 25.4 Å². The number of aromatic nitrogens is 1. The largest absolute Gasteiger partial charge is 0.508 e. The number of hydrogen-bond donors (Lipinski definition) is 4. The van der Waals surface area contributed by atoms with E-state index in [1.165, 1.54) is 48.4 Å². The van der Waals surface area contributed by atoms with Crippen molar-refractivity contribution in [3.05, 3.63) is 119 Å². The van der Waals surface area contributed by atoms with E-state index >= 15 is 0 Å². The number of ether oxygens (including phenoxy) is 2. The van der Waals surface area contributed by atoms with Gasteiger partial charge in [-0.2, -0.15) is 0 Å². The zero-order valence-electron chi connectivity index (χ0n) is 25.4. The second-order valence-electron chi connectivity index (χ2n) is 9.89. The molecule has 0 spiro atoms. The monoisotopic (exact) mass is 666 g/mol. The number of thiazole rings is 1. The van der Waals surface area contributed by atoms with Gasteiger partial charge in [0.15, 0.2) is 5.13 Å². The summed E-state index contributed by atoms with van der Waals surface area (Å²) in [5.74, 6) is -0.146. The van der Waals surface area contributed by atoms with Gasteiger partial charge < -0.3 is 30.5 Å². The molecule has 0 saturated carbocycles. The molecule has 47 heavy (non-hydrogen) atoms. The van der Waals surface area contributed by atoms with Crippen molar-refractivity contribution < 1.29 is 29.0 Å². The number of methoxy groups -OCH3 is 2. The maximum Gasteiger partial charge on any atom is 0.272 e. The number of carbonyl (C=O) groups excluding carboxylic acids is 3. The van der Waals surface area contributed by atoms with Gasteiger partial charge >= 0.3 is 0 Å². The Kier molecular flexibility index (Phi) is 10.9. The molecular formula is C35H30N4O6S2. The van der Waals surface area contributed by atoms with E-state index in [1.807, 2.05) is 35.7 Å². The Bertz CT molecular complexity index is 1930.